The molecular formula is C18H24F3NO3. The molecule has 0 bridgehead atoms. The van der Waals surface area contributed by atoms with Crippen molar-refractivity contribution in [1.82, 2.24) is 5.32 Å². The van der Waals surface area contributed by atoms with Crippen LogP contribution in [0.1, 0.15) is 62.0 Å². The van der Waals surface area contributed by atoms with Crippen LogP contribution >= 0.6 is 0 Å². The molecule has 0 heterocycles. The Labute approximate surface area is 145 Å². The van der Waals surface area contributed by atoms with Crippen molar-refractivity contribution in [1.29, 1.82) is 0 Å². The van der Waals surface area contributed by atoms with Gasteiger partial charge in [0.05, 0.1) is 5.56 Å². The van der Waals surface area contributed by atoms with E-state index in [0.717, 1.165) is 6.07 Å². The van der Waals surface area contributed by atoms with Gasteiger partial charge in [-0.3, -0.25) is 4.79 Å². The molecule has 0 saturated carbocycles. The lowest BCUT2D eigenvalue weighted by Crippen LogP contribution is -2.37. The number of hydrogen-bond acceptors (Lipinski definition) is 3. The van der Waals surface area contributed by atoms with E-state index in [-0.39, 0.29) is 18.4 Å². The SMILES string of the molecule is Cc1ccc(C(=O)CCC(C)NC(=O)OC(C)(C)C)c(C(F)(F)F)c1. The molecule has 0 aliphatic rings. The molecule has 1 rings (SSSR count). The van der Waals surface area contributed by atoms with Gasteiger partial charge in [-0.05, 0) is 47.1 Å². The van der Waals surface area contributed by atoms with E-state index in [1.807, 2.05) is 0 Å². The molecule has 0 radical (unpaired) electrons. The number of carbonyl (C=O) groups is 2. The van der Waals surface area contributed by atoms with Gasteiger partial charge in [0.1, 0.15) is 5.60 Å². The highest BCUT2D eigenvalue weighted by molar-refractivity contribution is 5.97. The molecule has 1 aromatic rings. The van der Waals surface area contributed by atoms with Gasteiger partial charge in [0, 0.05) is 18.0 Å². The van der Waals surface area contributed by atoms with Crippen molar-refractivity contribution in [3.8, 4) is 0 Å². The molecule has 0 aliphatic carbocycles. The van der Waals surface area contributed by atoms with Gasteiger partial charge in [0.25, 0.3) is 0 Å². The van der Waals surface area contributed by atoms with Crippen LogP contribution in [0.4, 0.5) is 18.0 Å². The van der Waals surface area contributed by atoms with Crippen LogP contribution in [0.3, 0.4) is 0 Å². The monoisotopic (exact) mass is 359 g/mol. The van der Waals surface area contributed by atoms with E-state index in [1.54, 1.807) is 27.7 Å². The Balaban J connectivity index is 2.70. The van der Waals surface area contributed by atoms with Crippen molar-refractivity contribution in [3.05, 3.63) is 34.9 Å². The summed E-state index contributed by atoms with van der Waals surface area (Å²) in [5, 5.41) is 2.56. The predicted molar refractivity (Wildman–Crippen MR) is 88.6 cm³/mol. The lowest BCUT2D eigenvalue weighted by atomic mass is 9.97. The second kappa shape index (κ2) is 7.89. The fourth-order valence-electron chi connectivity index (χ4n) is 2.20. The van der Waals surface area contributed by atoms with E-state index in [2.05, 4.69) is 5.32 Å². The molecule has 0 aromatic heterocycles. The maximum Gasteiger partial charge on any atom is 0.417 e. The van der Waals surface area contributed by atoms with Crippen LogP contribution in [-0.2, 0) is 10.9 Å². The van der Waals surface area contributed by atoms with Crippen molar-refractivity contribution in [3.63, 3.8) is 0 Å². The number of aryl methyl sites for hydroxylation is 1. The highest BCUT2D eigenvalue weighted by Gasteiger charge is 2.35. The summed E-state index contributed by atoms with van der Waals surface area (Å²) >= 11 is 0. The number of carbonyl (C=O) groups excluding carboxylic acids is 2. The van der Waals surface area contributed by atoms with Gasteiger partial charge in [-0.15, -0.1) is 0 Å². The molecule has 1 aromatic carbocycles. The molecule has 0 saturated heterocycles. The fourth-order valence-corrected chi connectivity index (χ4v) is 2.20. The summed E-state index contributed by atoms with van der Waals surface area (Å²) in [6.07, 6.45) is -5.11. The number of rotatable bonds is 5. The van der Waals surface area contributed by atoms with Crippen LogP contribution in [0.2, 0.25) is 0 Å². The maximum atomic E-state index is 13.1. The minimum absolute atomic E-state index is 0.108. The second-order valence-corrected chi connectivity index (χ2v) is 7.06. The first-order valence-electron chi connectivity index (χ1n) is 8.00. The van der Waals surface area contributed by atoms with Crippen LogP contribution in [-0.4, -0.2) is 23.5 Å². The van der Waals surface area contributed by atoms with Crippen molar-refractivity contribution in [2.45, 2.75) is 65.3 Å². The molecule has 7 heteroatoms. The quantitative estimate of drug-likeness (QED) is 0.762. The van der Waals surface area contributed by atoms with Crippen LogP contribution in [0, 0.1) is 6.92 Å². The second-order valence-electron chi connectivity index (χ2n) is 7.06. The molecule has 1 amide bonds. The third kappa shape index (κ3) is 7.15. The van der Waals surface area contributed by atoms with E-state index in [9.17, 15) is 22.8 Å². The Morgan fingerprint density at radius 2 is 1.80 bits per heavy atom. The molecule has 4 nitrogen and oxygen atoms in total. The van der Waals surface area contributed by atoms with E-state index in [1.165, 1.54) is 19.1 Å². The molecular weight excluding hydrogens is 335 g/mol. The average Bonchev–Trinajstić information content (AvgIpc) is 2.41. The number of Topliss-reactive ketones (excluding diaryl/α,β-unsaturated/α-hetero) is 1. The number of ketones is 1. The Morgan fingerprint density at radius 1 is 1.20 bits per heavy atom. The zero-order valence-electron chi connectivity index (χ0n) is 15.1. The molecule has 0 fully saturated rings. The van der Waals surface area contributed by atoms with Crippen molar-refractivity contribution >= 4 is 11.9 Å². The van der Waals surface area contributed by atoms with E-state index >= 15 is 0 Å². The maximum absolute atomic E-state index is 13.1. The van der Waals surface area contributed by atoms with Gasteiger partial charge in [-0.2, -0.15) is 13.2 Å². The van der Waals surface area contributed by atoms with E-state index < -0.39 is 35.3 Å². The third-order valence-corrected chi connectivity index (χ3v) is 3.35. The summed E-state index contributed by atoms with van der Waals surface area (Å²) in [6.45, 7) is 8.36. The fraction of sp³-hybridized carbons (Fsp3) is 0.556. The molecule has 1 N–H and O–H groups in total. The first-order valence-corrected chi connectivity index (χ1v) is 8.00. The molecule has 25 heavy (non-hydrogen) atoms. The number of amides is 1. The lowest BCUT2D eigenvalue weighted by Gasteiger charge is -2.22. The predicted octanol–water partition coefficient (Wildman–Crippen LogP) is 4.89. The van der Waals surface area contributed by atoms with Gasteiger partial charge in [-0.1, -0.05) is 17.7 Å². The number of halogens is 3. The zero-order valence-corrected chi connectivity index (χ0v) is 15.1. The lowest BCUT2D eigenvalue weighted by molar-refractivity contribution is -0.138. The summed E-state index contributed by atoms with van der Waals surface area (Å²) in [4.78, 5) is 23.8. The first-order chi connectivity index (χ1) is 11.3. The van der Waals surface area contributed by atoms with Gasteiger partial charge in [0.2, 0.25) is 0 Å². The Morgan fingerprint density at radius 3 is 2.32 bits per heavy atom. The number of ether oxygens (including phenoxy) is 1. The number of nitrogens with one attached hydrogen (secondary N) is 1. The first kappa shape index (κ1) is 21.0. The number of alkyl halides is 3. The zero-order chi connectivity index (χ0) is 19.4. The Bertz CT molecular complexity index is 633. The van der Waals surface area contributed by atoms with Crippen LogP contribution in [0.25, 0.3) is 0 Å². The highest BCUT2D eigenvalue weighted by atomic mass is 19.4. The molecule has 140 valence electrons. The van der Waals surface area contributed by atoms with E-state index in [4.69, 9.17) is 4.74 Å². The van der Waals surface area contributed by atoms with Gasteiger partial charge >= 0.3 is 12.3 Å². The van der Waals surface area contributed by atoms with Crippen LogP contribution < -0.4 is 5.32 Å². The summed E-state index contributed by atoms with van der Waals surface area (Å²) in [6, 6.07) is 3.24. The summed E-state index contributed by atoms with van der Waals surface area (Å²) in [7, 11) is 0. The topological polar surface area (TPSA) is 55.4 Å². The van der Waals surface area contributed by atoms with Gasteiger partial charge in [-0.25, -0.2) is 4.79 Å². The van der Waals surface area contributed by atoms with Crippen molar-refractivity contribution in [2.75, 3.05) is 0 Å². The van der Waals surface area contributed by atoms with Crippen LogP contribution in [0.5, 0.6) is 0 Å². The molecule has 0 spiro atoms. The average molecular weight is 359 g/mol. The Kier molecular flexibility index (Phi) is 6.62. The molecule has 1 unspecified atom stereocenters. The third-order valence-electron chi connectivity index (χ3n) is 3.35. The Hall–Kier alpha value is -2.05. The number of alkyl carbamates (subject to hydrolysis) is 1. The standard InChI is InChI=1S/C18H24F3NO3/c1-11-6-8-13(14(10-11)18(19,20)21)15(23)9-7-12(2)22-16(24)25-17(3,4)5/h6,8,10,12H,7,9H2,1-5H3,(H,22,24). The van der Waals surface area contributed by atoms with Crippen molar-refractivity contribution in [2.24, 2.45) is 0 Å². The summed E-state index contributed by atoms with van der Waals surface area (Å²) in [5.41, 5.74) is -1.49. The van der Waals surface area contributed by atoms with Gasteiger partial charge in [0.15, 0.2) is 5.78 Å². The highest BCUT2D eigenvalue weighted by Crippen LogP contribution is 2.33. The van der Waals surface area contributed by atoms with Gasteiger partial charge < -0.3 is 10.1 Å². The molecule has 1 atom stereocenters. The number of hydrogen-bond donors (Lipinski definition) is 1. The number of benzene rings is 1. The normalized spacial score (nSPS) is 13.3. The van der Waals surface area contributed by atoms with Crippen molar-refractivity contribution < 1.29 is 27.5 Å². The summed E-state index contributed by atoms with van der Waals surface area (Å²) in [5.74, 6) is -0.606. The summed E-state index contributed by atoms with van der Waals surface area (Å²) < 4.78 is 44.4. The molecule has 0 aliphatic heterocycles. The van der Waals surface area contributed by atoms with Crippen LogP contribution in [0.15, 0.2) is 18.2 Å². The largest absolute Gasteiger partial charge is 0.444 e. The van der Waals surface area contributed by atoms with E-state index in [0.29, 0.717) is 5.56 Å². The smallest absolute Gasteiger partial charge is 0.417 e. The minimum Gasteiger partial charge on any atom is -0.444 e. The minimum atomic E-state index is -4.59.